The lowest BCUT2D eigenvalue weighted by Gasteiger charge is -2.28. The van der Waals surface area contributed by atoms with Gasteiger partial charge in [-0.2, -0.15) is 0 Å². The highest BCUT2D eigenvalue weighted by molar-refractivity contribution is 6.46. The average Bonchev–Trinajstić information content (AvgIpc) is 3.10. The van der Waals surface area contributed by atoms with Crippen LogP contribution in [0.25, 0.3) is 5.76 Å². The summed E-state index contributed by atoms with van der Waals surface area (Å²) in [6.45, 7) is 17.7. The Balaban J connectivity index is 2.11. The molecule has 1 heterocycles. The standard InChI is InChI=1S/C30H40N2O4/c1-8-31(9-2)17-18-32-26(21-11-14-23(15-12-21)30(5,6)7)25(28(34)29(32)35)27(33)22-13-16-24(36-10-3)20(4)19-22/h11-16,19,26,33H,8-10,17-18H2,1-7H3/b27-25-. The van der Waals surface area contributed by atoms with Gasteiger partial charge in [-0.25, -0.2) is 0 Å². The first kappa shape index (κ1) is 27.5. The molecule has 2 aromatic carbocycles. The van der Waals surface area contributed by atoms with Crippen molar-refractivity contribution in [3.05, 3.63) is 70.3 Å². The Kier molecular flexibility index (Phi) is 8.62. The molecule has 1 saturated heterocycles. The maximum absolute atomic E-state index is 13.3. The minimum absolute atomic E-state index is 0.0249. The number of aliphatic hydroxyl groups is 1. The molecule has 0 bridgehead atoms. The highest BCUT2D eigenvalue weighted by Crippen LogP contribution is 2.40. The molecule has 194 valence electrons. The number of ketones is 1. The molecule has 1 atom stereocenters. The monoisotopic (exact) mass is 492 g/mol. The van der Waals surface area contributed by atoms with Crippen LogP contribution in [0.1, 0.15) is 69.8 Å². The van der Waals surface area contributed by atoms with Crippen molar-refractivity contribution in [3.63, 3.8) is 0 Å². The van der Waals surface area contributed by atoms with E-state index < -0.39 is 17.7 Å². The van der Waals surface area contributed by atoms with E-state index in [9.17, 15) is 14.7 Å². The number of ether oxygens (including phenoxy) is 1. The Hall–Kier alpha value is -3.12. The third-order valence-corrected chi connectivity index (χ3v) is 6.93. The van der Waals surface area contributed by atoms with E-state index in [-0.39, 0.29) is 16.7 Å². The molecule has 1 N–H and O–H groups in total. The van der Waals surface area contributed by atoms with Crippen LogP contribution in [0.4, 0.5) is 0 Å². The number of likely N-dealkylation sites (N-methyl/N-ethyl adjacent to an activating group) is 1. The summed E-state index contributed by atoms with van der Waals surface area (Å²) in [5.41, 5.74) is 3.42. The molecular weight excluding hydrogens is 452 g/mol. The summed E-state index contributed by atoms with van der Waals surface area (Å²) in [5.74, 6) is -0.655. The van der Waals surface area contributed by atoms with Crippen LogP contribution in [0.3, 0.4) is 0 Å². The minimum atomic E-state index is -0.651. The Morgan fingerprint density at radius 1 is 1.03 bits per heavy atom. The maximum atomic E-state index is 13.3. The van der Waals surface area contributed by atoms with Crippen LogP contribution < -0.4 is 4.74 Å². The van der Waals surface area contributed by atoms with Crippen LogP contribution in [0.2, 0.25) is 0 Å². The lowest BCUT2D eigenvalue weighted by molar-refractivity contribution is -0.140. The molecule has 6 nitrogen and oxygen atoms in total. The van der Waals surface area contributed by atoms with Crippen LogP contribution in [0, 0.1) is 6.92 Å². The predicted molar refractivity (Wildman–Crippen MR) is 144 cm³/mol. The molecule has 3 rings (SSSR count). The lowest BCUT2D eigenvalue weighted by Crippen LogP contribution is -2.38. The first-order chi connectivity index (χ1) is 17.0. The first-order valence-electron chi connectivity index (χ1n) is 12.9. The number of hydrogen-bond acceptors (Lipinski definition) is 5. The van der Waals surface area contributed by atoms with Gasteiger partial charge in [-0.15, -0.1) is 0 Å². The lowest BCUT2D eigenvalue weighted by atomic mass is 9.85. The van der Waals surface area contributed by atoms with Crippen molar-refractivity contribution in [2.45, 2.75) is 59.9 Å². The topological polar surface area (TPSA) is 70.1 Å². The van der Waals surface area contributed by atoms with E-state index >= 15 is 0 Å². The van der Waals surface area contributed by atoms with Crippen molar-refractivity contribution in [2.75, 3.05) is 32.8 Å². The molecule has 1 fully saturated rings. The summed E-state index contributed by atoms with van der Waals surface area (Å²) in [5, 5.41) is 11.4. The number of aryl methyl sites for hydroxylation is 1. The number of hydrogen-bond donors (Lipinski definition) is 1. The Bertz CT molecular complexity index is 1120. The number of benzene rings is 2. The third kappa shape index (κ3) is 5.65. The van der Waals surface area contributed by atoms with Crippen LogP contribution in [0.5, 0.6) is 5.75 Å². The predicted octanol–water partition coefficient (Wildman–Crippen LogP) is 5.45. The summed E-state index contributed by atoms with van der Waals surface area (Å²) in [6, 6.07) is 12.7. The van der Waals surface area contributed by atoms with Gasteiger partial charge in [-0.05, 0) is 67.2 Å². The summed E-state index contributed by atoms with van der Waals surface area (Å²) in [6.07, 6.45) is 0. The van der Waals surface area contributed by atoms with E-state index in [0.29, 0.717) is 25.3 Å². The molecular formula is C30H40N2O4. The van der Waals surface area contributed by atoms with Crippen LogP contribution >= 0.6 is 0 Å². The van der Waals surface area contributed by atoms with Gasteiger partial charge >= 0.3 is 0 Å². The van der Waals surface area contributed by atoms with Crippen molar-refractivity contribution < 1.29 is 19.4 Å². The average molecular weight is 493 g/mol. The number of rotatable bonds is 9. The quantitative estimate of drug-likeness (QED) is 0.286. The van der Waals surface area contributed by atoms with E-state index in [1.165, 1.54) is 0 Å². The summed E-state index contributed by atoms with van der Waals surface area (Å²) >= 11 is 0. The van der Waals surface area contributed by atoms with Gasteiger partial charge in [0, 0.05) is 18.7 Å². The van der Waals surface area contributed by atoms with Gasteiger partial charge in [-0.1, -0.05) is 58.9 Å². The van der Waals surface area contributed by atoms with Gasteiger partial charge in [0.05, 0.1) is 18.2 Å². The van der Waals surface area contributed by atoms with Crippen LogP contribution in [-0.4, -0.2) is 59.4 Å². The zero-order valence-electron chi connectivity index (χ0n) is 22.7. The summed E-state index contributed by atoms with van der Waals surface area (Å²) in [7, 11) is 0. The molecule has 36 heavy (non-hydrogen) atoms. The molecule has 0 radical (unpaired) electrons. The van der Waals surface area contributed by atoms with Crippen molar-refractivity contribution in [1.29, 1.82) is 0 Å². The van der Waals surface area contributed by atoms with Gasteiger partial charge in [0.15, 0.2) is 0 Å². The second kappa shape index (κ2) is 11.3. The smallest absolute Gasteiger partial charge is 0.295 e. The van der Waals surface area contributed by atoms with E-state index in [1.807, 2.05) is 38.1 Å². The number of aliphatic hydroxyl groups excluding tert-OH is 1. The Labute approximate surface area is 215 Å². The number of likely N-dealkylation sites (tertiary alicyclic amines) is 1. The molecule has 2 aromatic rings. The first-order valence-corrected chi connectivity index (χ1v) is 12.9. The normalized spacial score (nSPS) is 17.8. The molecule has 1 aliphatic heterocycles. The number of nitrogens with zero attached hydrogens (tertiary/aromatic N) is 2. The zero-order chi connectivity index (χ0) is 26.6. The number of Topliss-reactive ketones (excluding diaryl/α,β-unsaturated/α-hetero) is 1. The molecule has 1 amide bonds. The minimum Gasteiger partial charge on any atom is -0.507 e. The van der Waals surface area contributed by atoms with Gasteiger partial charge in [0.25, 0.3) is 11.7 Å². The van der Waals surface area contributed by atoms with Gasteiger partial charge in [0.1, 0.15) is 11.5 Å². The summed E-state index contributed by atoms with van der Waals surface area (Å²) in [4.78, 5) is 30.4. The fourth-order valence-electron chi connectivity index (χ4n) is 4.68. The molecule has 0 spiro atoms. The second-order valence-corrected chi connectivity index (χ2v) is 10.3. The fourth-order valence-corrected chi connectivity index (χ4v) is 4.68. The van der Waals surface area contributed by atoms with Crippen molar-refractivity contribution in [1.82, 2.24) is 9.80 Å². The molecule has 0 saturated carbocycles. The SMILES string of the molecule is CCOc1ccc(/C(O)=C2/C(=O)C(=O)N(CCN(CC)CC)C2c2ccc(C(C)(C)C)cc2)cc1C. The third-order valence-electron chi connectivity index (χ3n) is 6.93. The fraction of sp³-hybridized carbons (Fsp3) is 0.467. The van der Waals surface area contributed by atoms with Crippen LogP contribution in [0.15, 0.2) is 48.0 Å². The number of amides is 1. The van der Waals surface area contributed by atoms with Gasteiger partial charge in [-0.3, -0.25) is 9.59 Å². The van der Waals surface area contributed by atoms with Gasteiger partial charge < -0.3 is 19.6 Å². The van der Waals surface area contributed by atoms with Crippen molar-refractivity contribution >= 4 is 17.4 Å². The molecule has 1 aliphatic rings. The number of carbonyl (C=O) groups excluding carboxylic acids is 2. The summed E-state index contributed by atoms with van der Waals surface area (Å²) < 4.78 is 5.63. The van der Waals surface area contributed by atoms with E-state index in [2.05, 4.69) is 39.5 Å². The van der Waals surface area contributed by atoms with E-state index in [0.717, 1.165) is 35.5 Å². The van der Waals surface area contributed by atoms with Crippen molar-refractivity contribution in [3.8, 4) is 5.75 Å². The van der Waals surface area contributed by atoms with Crippen molar-refractivity contribution in [2.24, 2.45) is 0 Å². The van der Waals surface area contributed by atoms with E-state index in [1.54, 1.807) is 23.1 Å². The number of carbonyl (C=O) groups is 2. The Morgan fingerprint density at radius 3 is 2.19 bits per heavy atom. The maximum Gasteiger partial charge on any atom is 0.295 e. The molecule has 0 aromatic heterocycles. The Morgan fingerprint density at radius 2 is 1.67 bits per heavy atom. The molecule has 6 heteroatoms. The van der Waals surface area contributed by atoms with Gasteiger partial charge in [0.2, 0.25) is 0 Å². The zero-order valence-corrected chi connectivity index (χ0v) is 22.7. The van der Waals surface area contributed by atoms with E-state index in [4.69, 9.17) is 4.74 Å². The largest absolute Gasteiger partial charge is 0.507 e. The highest BCUT2D eigenvalue weighted by Gasteiger charge is 2.46. The second-order valence-electron chi connectivity index (χ2n) is 10.3. The van der Waals surface area contributed by atoms with Crippen LogP contribution in [-0.2, 0) is 15.0 Å². The highest BCUT2D eigenvalue weighted by atomic mass is 16.5. The molecule has 0 aliphatic carbocycles. The molecule has 1 unspecified atom stereocenters.